The first kappa shape index (κ1) is 18.4. The van der Waals surface area contributed by atoms with E-state index in [0.29, 0.717) is 31.0 Å². The van der Waals surface area contributed by atoms with Gasteiger partial charge in [0.15, 0.2) is 0 Å². The molecule has 2 aliphatic heterocycles. The van der Waals surface area contributed by atoms with Gasteiger partial charge in [-0.3, -0.25) is 9.59 Å². The Hall–Kier alpha value is -2.94. The minimum Gasteiger partial charge on any atom is -0.497 e. The van der Waals surface area contributed by atoms with E-state index in [0.717, 1.165) is 12.1 Å². The Morgan fingerprint density at radius 2 is 2.29 bits per heavy atom. The van der Waals surface area contributed by atoms with Crippen molar-refractivity contribution in [1.82, 2.24) is 25.2 Å². The van der Waals surface area contributed by atoms with Crippen LogP contribution in [0.3, 0.4) is 0 Å². The normalized spacial score (nSPS) is 20.8. The molecule has 2 unspecified atom stereocenters. The summed E-state index contributed by atoms with van der Waals surface area (Å²) in [6, 6.07) is 6.91. The van der Waals surface area contributed by atoms with Crippen LogP contribution in [0.4, 0.5) is 0 Å². The number of aromatic nitrogens is 3. The number of nitrogens with zero attached hydrogens (tertiary/aromatic N) is 4. The minimum absolute atomic E-state index is 0.00433. The topological polar surface area (TPSA) is 98.6 Å². The molecule has 0 saturated carbocycles. The van der Waals surface area contributed by atoms with Crippen LogP contribution in [0, 0.1) is 0 Å². The Morgan fingerprint density at radius 1 is 1.39 bits per heavy atom. The summed E-state index contributed by atoms with van der Waals surface area (Å²) in [5.41, 5.74) is 1.44. The zero-order chi connectivity index (χ0) is 19.5. The van der Waals surface area contributed by atoms with E-state index in [1.807, 2.05) is 9.58 Å². The molecule has 2 aromatic rings. The molecule has 1 saturated heterocycles. The maximum atomic E-state index is 12.6. The molecule has 2 atom stereocenters. The number of fused-ring (bicyclic) bond motifs is 3. The van der Waals surface area contributed by atoms with Crippen molar-refractivity contribution >= 4 is 11.8 Å². The lowest BCUT2D eigenvalue weighted by Gasteiger charge is -2.41. The molecule has 0 bridgehead atoms. The SMILES string of the molecule is COc1cccc(C(=O)NCCC(=O)N2CCC3OCc4cnnn4C3C2)c1. The molecule has 0 radical (unpaired) electrons. The molecule has 9 heteroatoms. The van der Waals surface area contributed by atoms with Crippen LogP contribution in [0.25, 0.3) is 0 Å². The van der Waals surface area contributed by atoms with Gasteiger partial charge < -0.3 is 19.7 Å². The van der Waals surface area contributed by atoms with E-state index >= 15 is 0 Å². The Morgan fingerprint density at radius 3 is 3.14 bits per heavy atom. The van der Waals surface area contributed by atoms with Gasteiger partial charge in [-0.25, -0.2) is 4.68 Å². The molecule has 148 valence electrons. The molecule has 1 aromatic carbocycles. The summed E-state index contributed by atoms with van der Waals surface area (Å²) in [6.45, 7) is 1.99. The molecule has 3 heterocycles. The Bertz CT molecular complexity index is 868. The molecular formula is C19H23N5O4. The summed E-state index contributed by atoms with van der Waals surface area (Å²) in [4.78, 5) is 26.7. The lowest BCUT2D eigenvalue weighted by atomic mass is 10.00. The van der Waals surface area contributed by atoms with Crippen molar-refractivity contribution in [3.05, 3.63) is 41.7 Å². The zero-order valence-corrected chi connectivity index (χ0v) is 15.7. The summed E-state index contributed by atoms with van der Waals surface area (Å²) in [5, 5.41) is 10.9. The van der Waals surface area contributed by atoms with E-state index < -0.39 is 0 Å². The third-order valence-corrected chi connectivity index (χ3v) is 5.24. The maximum Gasteiger partial charge on any atom is 0.251 e. The summed E-state index contributed by atoms with van der Waals surface area (Å²) in [6.07, 6.45) is 2.78. The average Bonchev–Trinajstić information content (AvgIpc) is 3.22. The largest absolute Gasteiger partial charge is 0.497 e. The van der Waals surface area contributed by atoms with Crippen LogP contribution in [0.15, 0.2) is 30.5 Å². The van der Waals surface area contributed by atoms with Crippen molar-refractivity contribution in [3.63, 3.8) is 0 Å². The van der Waals surface area contributed by atoms with Crippen molar-refractivity contribution in [1.29, 1.82) is 0 Å². The maximum absolute atomic E-state index is 12.6. The Kier molecular flexibility index (Phi) is 5.25. The number of amides is 2. The second kappa shape index (κ2) is 7.97. The molecule has 2 amide bonds. The van der Waals surface area contributed by atoms with Gasteiger partial charge in [-0.2, -0.15) is 0 Å². The lowest BCUT2D eigenvalue weighted by molar-refractivity contribution is -0.137. The Balaban J connectivity index is 1.29. The number of nitrogens with one attached hydrogen (secondary N) is 1. The molecule has 4 rings (SSSR count). The number of likely N-dealkylation sites (tertiary alicyclic amines) is 1. The number of ether oxygens (including phenoxy) is 2. The minimum atomic E-state index is -0.224. The molecule has 1 fully saturated rings. The number of hydrogen-bond acceptors (Lipinski definition) is 6. The van der Waals surface area contributed by atoms with E-state index in [1.54, 1.807) is 37.6 Å². The molecule has 0 spiro atoms. The highest BCUT2D eigenvalue weighted by atomic mass is 16.5. The molecular weight excluding hydrogens is 362 g/mol. The van der Waals surface area contributed by atoms with Crippen LogP contribution in [0.5, 0.6) is 5.75 Å². The van der Waals surface area contributed by atoms with Crippen LogP contribution in [-0.2, 0) is 16.1 Å². The summed E-state index contributed by atoms with van der Waals surface area (Å²) in [5.74, 6) is 0.406. The van der Waals surface area contributed by atoms with Gasteiger partial charge in [-0.05, 0) is 24.6 Å². The van der Waals surface area contributed by atoms with Gasteiger partial charge in [-0.1, -0.05) is 11.3 Å². The van der Waals surface area contributed by atoms with Crippen molar-refractivity contribution in [3.8, 4) is 5.75 Å². The van der Waals surface area contributed by atoms with E-state index in [9.17, 15) is 9.59 Å². The van der Waals surface area contributed by atoms with Gasteiger partial charge in [-0.15, -0.1) is 5.10 Å². The highest BCUT2D eigenvalue weighted by Crippen LogP contribution is 2.30. The fraction of sp³-hybridized carbons (Fsp3) is 0.474. The molecule has 1 aromatic heterocycles. The van der Waals surface area contributed by atoms with E-state index in [2.05, 4.69) is 15.6 Å². The van der Waals surface area contributed by atoms with Gasteiger partial charge in [0.1, 0.15) is 5.75 Å². The monoisotopic (exact) mass is 385 g/mol. The highest BCUT2D eigenvalue weighted by Gasteiger charge is 2.37. The second-order valence-electron chi connectivity index (χ2n) is 6.95. The van der Waals surface area contributed by atoms with Crippen molar-refractivity contribution in [2.24, 2.45) is 0 Å². The van der Waals surface area contributed by atoms with Crippen molar-refractivity contribution in [2.75, 3.05) is 26.7 Å². The van der Waals surface area contributed by atoms with E-state index in [-0.39, 0.29) is 36.9 Å². The van der Waals surface area contributed by atoms with Gasteiger partial charge >= 0.3 is 0 Å². The fourth-order valence-corrected chi connectivity index (χ4v) is 3.71. The quantitative estimate of drug-likeness (QED) is 0.817. The number of hydrogen-bond donors (Lipinski definition) is 1. The van der Waals surface area contributed by atoms with E-state index in [4.69, 9.17) is 9.47 Å². The number of rotatable bonds is 5. The van der Waals surface area contributed by atoms with Crippen LogP contribution in [-0.4, -0.2) is 64.6 Å². The molecule has 28 heavy (non-hydrogen) atoms. The average molecular weight is 385 g/mol. The molecule has 1 N–H and O–H groups in total. The van der Waals surface area contributed by atoms with Gasteiger partial charge in [0.25, 0.3) is 5.91 Å². The number of carbonyl (C=O) groups is 2. The Labute approximate surface area is 162 Å². The standard InChI is InChI=1S/C19H23N5O4/c1-27-15-4-2-3-13(9-15)19(26)20-7-5-18(25)23-8-6-17-16(11-23)24-14(12-28-17)10-21-22-24/h2-4,9-10,16-17H,5-8,11-12H2,1H3,(H,20,26). The van der Waals surface area contributed by atoms with Crippen molar-refractivity contribution in [2.45, 2.75) is 31.6 Å². The van der Waals surface area contributed by atoms with Crippen molar-refractivity contribution < 1.29 is 19.1 Å². The predicted octanol–water partition coefficient (Wildman–Crippen LogP) is 0.779. The number of benzene rings is 1. The number of methoxy groups -OCH3 is 1. The third-order valence-electron chi connectivity index (χ3n) is 5.24. The third kappa shape index (κ3) is 3.70. The molecule has 0 aliphatic carbocycles. The first-order chi connectivity index (χ1) is 13.7. The fourth-order valence-electron chi connectivity index (χ4n) is 3.71. The first-order valence-corrected chi connectivity index (χ1v) is 9.36. The smallest absolute Gasteiger partial charge is 0.251 e. The lowest BCUT2D eigenvalue weighted by Crippen LogP contribution is -2.50. The number of piperidine rings is 1. The van der Waals surface area contributed by atoms with Gasteiger partial charge in [0, 0.05) is 31.6 Å². The zero-order valence-electron chi connectivity index (χ0n) is 15.7. The second-order valence-corrected chi connectivity index (χ2v) is 6.95. The summed E-state index contributed by atoms with van der Waals surface area (Å²) < 4.78 is 12.9. The summed E-state index contributed by atoms with van der Waals surface area (Å²) >= 11 is 0. The number of carbonyl (C=O) groups excluding carboxylic acids is 2. The predicted molar refractivity (Wildman–Crippen MR) is 98.8 cm³/mol. The highest BCUT2D eigenvalue weighted by molar-refractivity contribution is 5.94. The first-order valence-electron chi connectivity index (χ1n) is 9.36. The van der Waals surface area contributed by atoms with Gasteiger partial charge in [0.05, 0.1) is 37.8 Å². The van der Waals surface area contributed by atoms with Crippen LogP contribution in [0.2, 0.25) is 0 Å². The summed E-state index contributed by atoms with van der Waals surface area (Å²) in [7, 11) is 1.55. The molecule has 9 nitrogen and oxygen atoms in total. The molecule has 2 aliphatic rings. The van der Waals surface area contributed by atoms with Crippen LogP contribution >= 0.6 is 0 Å². The van der Waals surface area contributed by atoms with Gasteiger partial charge in [0.2, 0.25) is 5.91 Å². The van der Waals surface area contributed by atoms with Crippen LogP contribution < -0.4 is 10.1 Å². The van der Waals surface area contributed by atoms with E-state index in [1.165, 1.54) is 0 Å². The van der Waals surface area contributed by atoms with Crippen LogP contribution in [0.1, 0.15) is 34.9 Å².